The average molecular weight is 179 g/mol. The first-order valence-corrected chi connectivity index (χ1v) is 4.81. The molecule has 0 aliphatic rings. The lowest BCUT2D eigenvalue weighted by atomic mass is 10.1. The van der Waals surface area contributed by atoms with Crippen molar-refractivity contribution in [1.82, 2.24) is 4.98 Å². The van der Waals surface area contributed by atoms with Crippen molar-refractivity contribution < 1.29 is 4.74 Å². The van der Waals surface area contributed by atoms with Crippen LogP contribution in [-0.2, 0) is 0 Å². The number of ether oxygens (including phenoxy) is 1. The summed E-state index contributed by atoms with van der Waals surface area (Å²) in [5, 5.41) is 0. The van der Waals surface area contributed by atoms with Crippen molar-refractivity contribution in [3.8, 4) is 5.75 Å². The highest BCUT2D eigenvalue weighted by Crippen LogP contribution is 2.18. The zero-order valence-corrected chi connectivity index (χ0v) is 8.58. The van der Waals surface area contributed by atoms with Gasteiger partial charge in [0, 0.05) is 6.20 Å². The average Bonchev–Trinajstić information content (AvgIpc) is 2.15. The number of nitrogens with zero attached hydrogens (tertiary/aromatic N) is 1. The molecule has 72 valence electrons. The van der Waals surface area contributed by atoms with E-state index in [1.807, 2.05) is 6.20 Å². The minimum Gasteiger partial charge on any atom is -0.492 e. The van der Waals surface area contributed by atoms with Crippen molar-refractivity contribution in [1.29, 1.82) is 0 Å². The van der Waals surface area contributed by atoms with Gasteiger partial charge in [-0.25, -0.2) is 0 Å². The van der Waals surface area contributed by atoms with Crippen molar-refractivity contribution in [3.63, 3.8) is 0 Å². The number of pyridine rings is 1. The van der Waals surface area contributed by atoms with Gasteiger partial charge in [0.05, 0.1) is 12.8 Å². The van der Waals surface area contributed by atoms with Crippen molar-refractivity contribution in [3.05, 3.63) is 24.0 Å². The summed E-state index contributed by atoms with van der Waals surface area (Å²) in [6.45, 7) is 7.17. The molecule has 0 atom stereocenters. The summed E-state index contributed by atoms with van der Waals surface area (Å²) in [6, 6.07) is 2.06. The SMILES string of the molecule is CCCOc1cncc(C(C)C)c1. The fourth-order valence-corrected chi connectivity index (χ4v) is 1.05. The van der Waals surface area contributed by atoms with Gasteiger partial charge in [-0.1, -0.05) is 20.8 Å². The lowest BCUT2D eigenvalue weighted by molar-refractivity contribution is 0.315. The summed E-state index contributed by atoms with van der Waals surface area (Å²) in [5.41, 5.74) is 1.23. The first kappa shape index (κ1) is 10.0. The molecule has 1 rings (SSSR count). The molecule has 0 radical (unpaired) electrons. The second kappa shape index (κ2) is 4.85. The summed E-state index contributed by atoms with van der Waals surface area (Å²) in [6.07, 6.45) is 4.69. The maximum absolute atomic E-state index is 5.48. The number of hydrogen-bond donors (Lipinski definition) is 0. The van der Waals surface area contributed by atoms with Gasteiger partial charge in [-0.05, 0) is 24.0 Å². The summed E-state index contributed by atoms with van der Waals surface area (Å²) < 4.78 is 5.48. The molecule has 2 nitrogen and oxygen atoms in total. The maximum atomic E-state index is 5.48. The summed E-state index contributed by atoms with van der Waals surface area (Å²) in [4.78, 5) is 4.13. The van der Waals surface area contributed by atoms with Crippen LogP contribution in [0.5, 0.6) is 5.75 Å². The molecular formula is C11H17NO. The van der Waals surface area contributed by atoms with E-state index in [0.717, 1.165) is 18.8 Å². The van der Waals surface area contributed by atoms with Gasteiger partial charge in [0.25, 0.3) is 0 Å². The van der Waals surface area contributed by atoms with E-state index >= 15 is 0 Å². The van der Waals surface area contributed by atoms with Crippen molar-refractivity contribution >= 4 is 0 Å². The fraction of sp³-hybridized carbons (Fsp3) is 0.545. The molecule has 0 spiro atoms. The molecule has 0 unspecified atom stereocenters. The monoisotopic (exact) mass is 179 g/mol. The van der Waals surface area contributed by atoms with Crippen LogP contribution in [0.25, 0.3) is 0 Å². The van der Waals surface area contributed by atoms with E-state index < -0.39 is 0 Å². The molecule has 0 saturated heterocycles. The molecular weight excluding hydrogens is 162 g/mol. The molecule has 0 aromatic carbocycles. The standard InChI is InChI=1S/C11H17NO/c1-4-5-13-11-6-10(9(2)3)7-12-8-11/h6-9H,4-5H2,1-3H3. The number of rotatable bonds is 4. The molecule has 0 aliphatic carbocycles. The third-order valence-electron chi connectivity index (χ3n) is 1.87. The zero-order chi connectivity index (χ0) is 9.68. The molecule has 0 N–H and O–H groups in total. The summed E-state index contributed by atoms with van der Waals surface area (Å²) >= 11 is 0. The van der Waals surface area contributed by atoms with Gasteiger partial charge < -0.3 is 4.74 Å². The second-order valence-electron chi connectivity index (χ2n) is 3.46. The number of hydrogen-bond acceptors (Lipinski definition) is 2. The van der Waals surface area contributed by atoms with Crippen LogP contribution in [0.3, 0.4) is 0 Å². The van der Waals surface area contributed by atoms with Crippen LogP contribution in [0.2, 0.25) is 0 Å². The highest BCUT2D eigenvalue weighted by molar-refractivity contribution is 5.25. The van der Waals surface area contributed by atoms with Crippen LogP contribution < -0.4 is 4.74 Å². The molecule has 0 fully saturated rings. The lowest BCUT2D eigenvalue weighted by Crippen LogP contribution is -1.97. The Balaban J connectivity index is 2.68. The number of aromatic nitrogens is 1. The first-order chi connectivity index (χ1) is 6.24. The molecule has 2 heteroatoms. The Labute approximate surface area is 80.0 Å². The fourth-order valence-electron chi connectivity index (χ4n) is 1.05. The quantitative estimate of drug-likeness (QED) is 0.708. The van der Waals surface area contributed by atoms with Crippen LogP contribution in [0.4, 0.5) is 0 Å². The summed E-state index contributed by atoms with van der Waals surface area (Å²) in [5.74, 6) is 1.39. The first-order valence-electron chi connectivity index (χ1n) is 4.81. The highest BCUT2D eigenvalue weighted by atomic mass is 16.5. The smallest absolute Gasteiger partial charge is 0.137 e. The lowest BCUT2D eigenvalue weighted by Gasteiger charge is -2.08. The topological polar surface area (TPSA) is 22.1 Å². The molecule has 0 amide bonds. The zero-order valence-electron chi connectivity index (χ0n) is 8.58. The Morgan fingerprint density at radius 3 is 2.77 bits per heavy atom. The van der Waals surface area contributed by atoms with E-state index in [1.165, 1.54) is 5.56 Å². The predicted molar refractivity (Wildman–Crippen MR) is 54.1 cm³/mol. The van der Waals surface area contributed by atoms with E-state index in [1.54, 1.807) is 6.20 Å². The molecule has 1 heterocycles. The molecule has 1 aromatic heterocycles. The van der Waals surface area contributed by atoms with E-state index in [2.05, 4.69) is 31.8 Å². The Morgan fingerprint density at radius 2 is 2.15 bits per heavy atom. The van der Waals surface area contributed by atoms with Crippen molar-refractivity contribution in [2.45, 2.75) is 33.1 Å². The highest BCUT2D eigenvalue weighted by Gasteiger charge is 2.00. The van der Waals surface area contributed by atoms with Gasteiger partial charge >= 0.3 is 0 Å². The third kappa shape index (κ3) is 3.05. The molecule has 0 saturated carbocycles. The van der Waals surface area contributed by atoms with Crippen LogP contribution in [0.15, 0.2) is 18.5 Å². The molecule has 0 aliphatic heterocycles. The largest absolute Gasteiger partial charge is 0.492 e. The third-order valence-corrected chi connectivity index (χ3v) is 1.87. The maximum Gasteiger partial charge on any atom is 0.137 e. The van der Waals surface area contributed by atoms with Gasteiger partial charge in [0.1, 0.15) is 5.75 Å². The van der Waals surface area contributed by atoms with E-state index in [4.69, 9.17) is 4.74 Å². The Kier molecular flexibility index (Phi) is 3.74. The Hall–Kier alpha value is -1.05. The Morgan fingerprint density at radius 1 is 1.38 bits per heavy atom. The van der Waals surface area contributed by atoms with Gasteiger partial charge in [-0.15, -0.1) is 0 Å². The van der Waals surface area contributed by atoms with Crippen LogP contribution >= 0.6 is 0 Å². The molecule has 13 heavy (non-hydrogen) atoms. The predicted octanol–water partition coefficient (Wildman–Crippen LogP) is 2.99. The normalized spacial score (nSPS) is 10.5. The van der Waals surface area contributed by atoms with Gasteiger partial charge in [0.15, 0.2) is 0 Å². The van der Waals surface area contributed by atoms with E-state index in [9.17, 15) is 0 Å². The molecule has 0 bridgehead atoms. The van der Waals surface area contributed by atoms with E-state index in [-0.39, 0.29) is 0 Å². The minimum absolute atomic E-state index is 0.512. The summed E-state index contributed by atoms with van der Waals surface area (Å²) in [7, 11) is 0. The Bertz CT molecular complexity index is 258. The van der Waals surface area contributed by atoms with Gasteiger partial charge in [-0.3, -0.25) is 4.98 Å². The second-order valence-corrected chi connectivity index (χ2v) is 3.46. The van der Waals surface area contributed by atoms with Crippen LogP contribution in [0, 0.1) is 0 Å². The van der Waals surface area contributed by atoms with Gasteiger partial charge in [0.2, 0.25) is 0 Å². The van der Waals surface area contributed by atoms with E-state index in [0.29, 0.717) is 5.92 Å². The molecule has 1 aromatic rings. The van der Waals surface area contributed by atoms with Crippen LogP contribution in [-0.4, -0.2) is 11.6 Å². The minimum atomic E-state index is 0.512. The van der Waals surface area contributed by atoms with Crippen molar-refractivity contribution in [2.24, 2.45) is 0 Å². The van der Waals surface area contributed by atoms with Crippen LogP contribution in [0.1, 0.15) is 38.7 Å². The van der Waals surface area contributed by atoms with Gasteiger partial charge in [-0.2, -0.15) is 0 Å². The van der Waals surface area contributed by atoms with Crippen molar-refractivity contribution in [2.75, 3.05) is 6.61 Å².